The SMILES string of the molecule is Cc1ccccc1N1CCN(C(=O)C2C3CCC(C)(C2N=O)C3(C)C)CC1. The van der Waals surface area contributed by atoms with Crippen LogP contribution in [0.4, 0.5) is 5.69 Å². The fourth-order valence-corrected chi connectivity index (χ4v) is 6.12. The van der Waals surface area contributed by atoms with Gasteiger partial charge in [0.1, 0.15) is 6.04 Å². The first-order valence-electron chi connectivity index (χ1n) is 10.2. The van der Waals surface area contributed by atoms with Gasteiger partial charge < -0.3 is 9.80 Å². The minimum Gasteiger partial charge on any atom is -0.368 e. The number of rotatable bonds is 3. The summed E-state index contributed by atoms with van der Waals surface area (Å²) in [6, 6.07) is 8.03. The Morgan fingerprint density at radius 1 is 1.11 bits per heavy atom. The summed E-state index contributed by atoms with van der Waals surface area (Å²) in [5.74, 6) is 0.193. The molecular formula is C22H31N3O2. The molecule has 4 rings (SSSR count). The molecule has 146 valence electrons. The van der Waals surface area contributed by atoms with Gasteiger partial charge in [-0.25, -0.2) is 0 Å². The number of hydrogen-bond acceptors (Lipinski definition) is 4. The summed E-state index contributed by atoms with van der Waals surface area (Å²) in [5.41, 5.74) is 2.37. The third-order valence-corrected chi connectivity index (χ3v) is 8.25. The van der Waals surface area contributed by atoms with Crippen molar-refractivity contribution in [2.75, 3.05) is 31.1 Å². The van der Waals surface area contributed by atoms with E-state index in [-0.39, 0.29) is 34.6 Å². The summed E-state index contributed by atoms with van der Waals surface area (Å²) in [6.45, 7) is 11.9. The molecular weight excluding hydrogens is 338 g/mol. The van der Waals surface area contributed by atoms with Crippen LogP contribution in [-0.4, -0.2) is 43.0 Å². The molecule has 2 bridgehead atoms. The molecule has 1 heterocycles. The van der Waals surface area contributed by atoms with Crippen molar-refractivity contribution >= 4 is 11.6 Å². The summed E-state index contributed by atoms with van der Waals surface area (Å²) in [6.07, 6.45) is 2.04. The number of carbonyl (C=O) groups excluding carboxylic acids is 1. The highest BCUT2D eigenvalue weighted by atomic mass is 16.3. The van der Waals surface area contributed by atoms with E-state index < -0.39 is 0 Å². The van der Waals surface area contributed by atoms with Crippen LogP contribution in [0.1, 0.15) is 39.2 Å². The van der Waals surface area contributed by atoms with Gasteiger partial charge >= 0.3 is 0 Å². The molecule has 5 nitrogen and oxygen atoms in total. The van der Waals surface area contributed by atoms with Gasteiger partial charge in [-0.2, -0.15) is 4.91 Å². The van der Waals surface area contributed by atoms with Crippen LogP contribution < -0.4 is 4.90 Å². The monoisotopic (exact) mass is 369 g/mol. The van der Waals surface area contributed by atoms with Crippen molar-refractivity contribution in [3.05, 3.63) is 34.7 Å². The Labute approximate surface area is 162 Å². The summed E-state index contributed by atoms with van der Waals surface area (Å²) in [5, 5.41) is 3.50. The summed E-state index contributed by atoms with van der Waals surface area (Å²) < 4.78 is 0. The van der Waals surface area contributed by atoms with Crippen molar-refractivity contribution in [1.82, 2.24) is 4.90 Å². The van der Waals surface area contributed by atoms with Gasteiger partial charge in [0, 0.05) is 31.9 Å². The number of piperazine rings is 1. The minimum absolute atomic E-state index is 0.00508. The summed E-state index contributed by atoms with van der Waals surface area (Å²) >= 11 is 0. The lowest BCUT2D eigenvalue weighted by Crippen LogP contribution is -2.53. The number of nitrogens with zero attached hydrogens (tertiary/aromatic N) is 3. The second-order valence-electron chi connectivity index (χ2n) is 9.46. The second kappa shape index (κ2) is 6.32. The molecule has 1 amide bonds. The summed E-state index contributed by atoms with van der Waals surface area (Å²) in [7, 11) is 0. The Morgan fingerprint density at radius 3 is 2.41 bits per heavy atom. The van der Waals surface area contributed by atoms with Crippen molar-refractivity contribution in [1.29, 1.82) is 0 Å². The Morgan fingerprint density at radius 2 is 1.78 bits per heavy atom. The molecule has 2 aliphatic carbocycles. The molecule has 1 aromatic rings. The van der Waals surface area contributed by atoms with Crippen LogP contribution >= 0.6 is 0 Å². The molecule has 0 N–H and O–H groups in total. The molecule has 27 heavy (non-hydrogen) atoms. The number of carbonyl (C=O) groups is 1. The third-order valence-electron chi connectivity index (χ3n) is 8.25. The average Bonchev–Trinajstić information content (AvgIpc) is 2.99. The number of para-hydroxylation sites is 1. The van der Waals surface area contributed by atoms with E-state index >= 15 is 0 Å². The Balaban J connectivity index is 1.49. The molecule has 1 saturated heterocycles. The van der Waals surface area contributed by atoms with E-state index in [0.29, 0.717) is 0 Å². The first kappa shape index (κ1) is 18.5. The quantitative estimate of drug-likeness (QED) is 0.761. The van der Waals surface area contributed by atoms with Gasteiger partial charge in [0.05, 0.1) is 5.92 Å². The lowest BCUT2D eigenvalue weighted by molar-refractivity contribution is -0.138. The van der Waals surface area contributed by atoms with Crippen LogP contribution in [0.3, 0.4) is 0 Å². The van der Waals surface area contributed by atoms with Gasteiger partial charge in [0.15, 0.2) is 0 Å². The van der Waals surface area contributed by atoms with E-state index in [9.17, 15) is 9.70 Å². The fraction of sp³-hybridized carbons (Fsp3) is 0.682. The zero-order chi connectivity index (χ0) is 19.4. The predicted octanol–water partition coefficient (Wildman–Crippen LogP) is 3.85. The first-order valence-corrected chi connectivity index (χ1v) is 10.2. The molecule has 1 aliphatic heterocycles. The van der Waals surface area contributed by atoms with Crippen molar-refractivity contribution in [2.45, 2.75) is 46.6 Å². The third kappa shape index (κ3) is 2.54. The van der Waals surface area contributed by atoms with E-state index in [1.54, 1.807) is 0 Å². The number of aryl methyl sites for hydroxylation is 1. The molecule has 5 heteroatoms. The normalized spacial score (nSPS) is 34.7. The molecule has 4 unspecified atom stereocenters. The van der Waals surface area contributed by atoms with Crippen molar-refractivity contribution in [3.8, 4) is 0 Å². The molecule has 2 saturated carbocycles. The molecule has 0 aromatic heterocycles. The average molecular weight is 370 g/mol. The van der Waals surface area contributed by atoms with Crippen LogP contribution in [0, 0.1) is 34.5 Å². The van der Waals surface area contributed by atoms with Gasteiger partial charge in [-0.05, 0) is 48.1 Å². The van der Waals surface area contributed by atoms with Crippen molar-refractivity contribution in [3.63, 3.8) is 0 Å². The van der Waals surface area contributed by atoms with Gasteiger partial charge in [-0.3, -0.25) is 4.79 Å². The molecule has 3 fully saturated rings. The number of amides is 1. The Kier molecular flexibility index (Phi) is 4.32. The van der Waals surface area contributed by atoms with Crippen LogP contribution in [0.5, 0.6) is 0 Å². The van der Waals surface area contributed by atoms with Crippen molar-refractivity contribution < 1.29 is 4.79 Å². The molecule has 0 spiro atoms. The fourth-order valence-electron chi connectivity index (χ4n) is 6.12. The number of hydrogen-bond donors (Lipinski definition) is 0. The van der Waals surface area contributed by atoms with Gasteiger partial charge in [-0.15, -0.1) is 0 Å². The van der Waals surface area contributed by atoms with Crippen LogP contribution in [0.25, 0.3) is 0 Å². The lowest BCUT2D eigenvalue weighted by Gasteiger charge is -2.40. The molecule has 0 radical (unpaired) electrons. The topological polar surface area (TPSA) is 53.0 Å². The molecule has 1 aromatic carbocycles. The maximum absolute atomic E-state index is 13.4. The molecule has 3 aliphatic rings. The van der Waals surface area contributed by atoms with Gasteiger partial charge in [0.25, 0.3) is 0 Å². The van der Waals surface area contributed by atoms with Crippen LogP contribution in [-0.2, 0) is 4.79 Å². The largest absolute Gasteiger partial charge is 0.368 e. The minimum atomic E-state index is -0.381. The predicted molar refractivity (Wildman–Crippen MR) is 108 cm³/mol. The van der Waals surface area contributed by atoms with E-state index in [4.69, 9.17) is 0 Å². The zero-order valence-corrected chi connectivity index (χ0v) is 16.9. The number of benzene rings is 1. The highest BCUT2D eigenvalue weighted by molar-refractivity contribution is 5.81. The second-order valence-corrected chi connectivity index (χ2v) is 9.46. The Hall–Kier alpha value is -1.91. The number of nitroso groups, excluding NO2 is 1. The lowest BCUT2D eigenvalue weighted by atomic mass is 9.69. The maximum Gasteiger partial charge on any atom is 0.228 e. The highest BCUT2D eigenvalue weighted by Crippen LogP contribution is 2.68. The smallest absolute Gasteiger partial charge is 0.228 e. The van der Waals surface area contributed by atoms with E-state index in [0.717, 1.165) is 39.0 Å². The van der Waals surface area contributed by atoms with Gasteiger partial charge in [-0.1, -0.05) is 44.1 Å². The zero-order valence-electron chi connectivity index (χ0n) is 16.9. The maximum atomic E-state index is 13.4. The first-order chi connectivity index (χ1) is 12.8. The van der Waals surface area contributed by atoms with Crippen LogP contribution in [0.2, 0.25) is 0 Å². The summed E-state index contributed by atoms with van der Waals surface area (Å²) in [4.78, 5) is 29.5. The number of anilines is 1. The molecule has 4 atom stereocenters. The van der Waals surface area contributed by atoms with Crippen LogP contribution in [0.15, 0.2) is 29.4 Å². The Bertz CT molecular complexity index is 754. The standard InChI is InChI=1S/C22H31N3O2/c1-15-7-5-6-8-17(15)24-11-13-25(14-12-24)20(26)18-16-9-10-22(4,19(18)23-27)21(16,2)3/h5-8,16,18-19H,9-14H2,1-4H3. The van der Waals surface area contributed by atoms with Gasteiger partial charge in [0.2, 0.25) is 5.91 Å². The number of fused-ring (bicyclic) bond motifs is 2. The highest BCUT2D eigenvalue weighted by Gasteiger charge is 2.69. The van der Waals surface area contributed by atoms with E-state index in [2.05, 4.69) is 62.0 Å². The van der Waals surface area contributed by atoms with E-state index in [1.165, 1.54) is 11.3 Å². The van der Waals surface area contributed by atoms with Crippen molar-refractivity contribution in [2.24, 2.45) is 27.8 Å². The van der Waals surface area contributed by atoms with E-state index in [1.807, 2.05) is 4.90 Å².